The van der Waals surface area contributed by atoms with Crippen molar-refractivity contribution >= 4 is 0 Å². The molecule has 0 aromatic heterocycles. The largest absolute Gasteiger partial charge is 0.490 e. The first kappa shape index (κ1) is 22.3. The number of nitrogens with one attached hydrogen (secondary N) is 1. The van der Waals surface area contributed by atoms with Crippen LogP contribution in [0.4, 0.5) is 0 Å². The Balaban J connectivity index is 1.80. The van der Waals surface area contributed by atoms with E-state index in [1.165, 1.54) is 17.5 Å². The second kappa shape index (κ2) is 13.2. The average Bonchev–Trinajstić information content (AvgIpc) is 2.70. The van der Waals surface area contributed by atoms with E-state index >= 15 is 0 Å². The van der Waals surface area contributed by atoms with Gasteiger partial charge in [-0.1, -0.05) is 49.2 Å². The molecule has 0 aliphatic carbocycles. The highest BCUT2D eigenvalue weighted by molar-refractivity contribution is 5.43. The van der Waals surface area contributed by atoms with E-state index in [0.29, 0.717) is 13.2 Å². The van der Waals surface area contributed by atoms with Gasteiger partial charge in [0.05, 0.1) is 6.61 Å². The van der Waals surface area contributed by atoms with Crippen LogP contribution in [0, 0.1) is 6.92 Å². The molecule has 0 saturated heterocycles. The molecular formula is C24H35NO3. The molecule has 0 spiro atoms. The molecule has 4 nitrogen and oxygen atoms in total. The highest BCUT2D eigenvalue weighted by Gasteiger charge is 2.07. The van der Waals surface area contributed by atoms with Crippen LogP contribution >= 0.6 is 0 Å². The van der Waals surface area contributed by atoms with Crippen molar-refractivity contribution in [3.05, 3.63) is 59.2 Å². The Morgan fingerprint density at radius 2 is 1.71 bits per heavy atom. The summed E-state index contributed by atoms with van der Waals surface area (Å²) in [5.41, 5.74) is 3.59. The monoisotopic (exact) mass is 385 g/mol. The standard InChI is InChI=1S/C24H35NO3/c1-4-6-14-26-15-8-13-25-18-21-11-12-23(24(17-21)27-5-2)28-19-22-10-7-9-20(3)16-22/h7,9-12,16-17,25H,4-6,8,13-15,18-19H2,1-3H3. The van der Waals surface area contributed by atoms with Gasteiger partial charge in [-0.25, -0.2) is 0 Å². The molecule has 0 bridgehead atoms. The first-order valence-corrected chi connectivity index (χ1v) is 10.5. The maximum absolute atomic E-state index is 6.01. The van der Waals surface area contributed by atoms with E-state index in [0.717, 1.165) is 56.2 Å². The molecular weight excluding hydrogens is 350 g/mol. The van der Waals surface area contributed by atoms with Gasteiger partial charge in [0.15, 0.2) is 11.5 Å². The fourth-order valence-corrected chi connectivity index (χ4v) is 2.89. The summed E-state index contributed by atoms with van der Waals surface area (Å²) >= 11 is 0. The van der Waals surface area contributed by atoms with Gasteiger partial charge in [-0.05, 0) is 56.5 Å². The van der Waals surface area contributed by atoms with Crippen molar-refractivity contribution < 1.29 is 14.2 Å². The van der Waals surface area contributed by atoms with Crippen molar-refractivity contribution in [1.82, 2.24) is 5.32 Å². The zero-order chi connectivity index (χ0) is 20.0. The summed E-state index contributed by atoms with van der Waals surface area (Å²) in [7, 11) is 0. The molecule has 2 rings (SSSR count). The third-order valence-corrected chi connectivity index (χ3v) is 4.40. The van der Waals surface area contributed by atoms with Crippen LogP contribution in [0.25, 0.3) is 0 Å². The van der Waals surface area contributed by atoms with E-state index < -0.39 is 0 Å². The first-order valence-electron chi connectivity index (χ1n) is 10.5. The second-order valence-corrected chi connectivity index (χ2v) is 6.99. The van der Waals surface area contributed by atoms with Crippen LogP contribution in [-0.2, 0) is 17.9 Å². The fraction of sp³-hybridized carbons (Fsp3) is 0.500. The van der Waals surface area contributed by atoms with Crippen LogP contribution in [0.3, 0.4) is 0 Å². The van der Waals surface area contributed by atoms with Gasteiger partial charge in [-0.2, -0.15) is 0 Å². The number of ether oxygens (including phenoxy) is 3. The predicted octanol–water partition coefficient (Wildman–Crippen LogP) is 5.27. The summed E-state index contributed by atoms with van der Waals surface area (Å²) in [6, 6.07) is 14.5. The minimum atomic E-state index is 0.539. The van der Waals surface area contributed by atoms with Gasteiger partial charge in [0.2, 0.25) is 0 Å². The van der Waals surface area contributed by atoms with E-state index in [1.807, 2.05) is 13.0 Å². The Labute approximate surface area is 170 Å². The SMILES string of the molecule is CCCCOCCCNCc1ccc(OCc2cccc(C)c2)c(OCC)c1. The van der Waals surface area contributed by atoms with Crippen molar-refractivity contribution in [3.63, 3.8) is 0 Å². The van der Waals surface area contributed by atoms with Crippen molar-refractivity contribution in [2.45, 2.75) is 53.2 Å². The highest BCUT2D eigenvalue weighted by Crippen LogP contribution is 2.29. The topological polar surface area (TPSA) is 39.7 Å². The van der Waals surface area contributed by atoms with E-state index in [9.17, 15) is 0 Å². The quantitative estimate of drug-likeness (QED) is 0.450. The number of aryl methyl sites for hydroxylation is 1. The lowest BCUT2D eigenvalue weighted by Gasteiger charge is -2.14. The van der Waals surface area contributed by atoms with Crippen LogP contribution in [0.5, 0.6) is 11.5 Å². The van der Waals surface area contributed by atoms with Crippen molar-refractivity contribution in [2.75, 3.05) is 26.4 Å². The molecule has 0 aliphatic heterocycles. The smallest absolute Gasteiger partial charge is 0.161 e. The van der Waals surface area contributed by atoms with E-state index in [4.69, 9.17) is 14.2 Å². The zero-order valence-corrected chi connectivity index (χ0v) is 17.6. The zero-order valence-electron chi connectivity index (χ0n) is 17.6. The molecule has 0 fully saturated rings. The summed E-state index contributed by atoms with van der Waals surface area (Å²) in [6.07, 6.45) is 3.36. The number of hydrogen-bond acceptors (Lipinski definition) is 4. The summed E-state index contributed by atoms with van der Waals surface area (Å²) in [6.45, 7) is 10.9. The van der Waals surface area contributed by atoms with Gasteiger partial charge in [0, 0.05) is 19.8 Å². The molecule has 2 aromatic rings. The van der Waals surface area contributed by atoms with Gasteiger partial charge in [0.1, 0.15) is 6.61 Å². The van der Waals surface area contributed by atoms with E-state index in [2.05, 4.69) is 55.6 Å². The van der Waals surface area contributed by atoms with Crippen LogP contribution in [0.15, 0.2) is 42.5 Å². The van der Waals surface area contributed by atoms with Crippen LogP contribution in [0.1, 0.15) is 49.8 Å². The first-order chi connectivity index (χ1) is 13.7. The molecule has 0 aliphatic rings. The van der Waals surface area contributed by atoms with Crippen molar-refractivity contribution in [1.29, 1.82) is 0 Å². The molecule has 0 unspecified atom stereocenters. The summed E-state index contributed by atoms with van der Waals surface area (Å²) in [5.74, 6) is 1.59. The van der Waals surface area contributed by atoms with Gasteiger partial charge in [-0.15, -0.1) is 0 Å². The molecule has 0 amide bonds. The third kappa shape index (κ3) is 8.32. The maximum Gasteiger partial charge on any atom is 0.161 e. The molecule has 154 valence electrons. The van der Waals surface area contributed by atoms with Crippen molar-refractivity contribution in [3.8, 4) is 11.5 Å². The highest BCUT2D eigenvalue weighted by atomic mass is 16.5. The summed E-state index contributed by atoms with van der Waals surface area (Å²) in [5, 5.41) is 3.47. The molecule has 0 radical (unpaired) electrons. The maximum atomic E-state index is 6.01. The van der Waals surface area contributed by atoms with Gasteiger partial charge in [0.25, 0.3) is 0 Å². The van der Waals surface area contributed by atoms with E-state index in [1.54, 1.807) is 0 Å². The van der Waals surface area contributed by atoms with Gasteiger partial charge < -0.3 is 19.5 Å². The number of benzene rings is 2. The average molecular weight is 386 g/mol. The molecule has 0 heterocycles. The number of hydrogen-bond donors (Lipinski definition) is 1. The Morgan fingerprint density at radius 3 is 2.50 bits per heavy atom. The second-order valence-electron chi connectivity index (χ2n) is 6.99. The molecule has 4 heteroatoms. The van der Waals surface area contributed by atoms with Crippen LogP contribution < -0.4 is 14.8 Å². The Kier molecular flexibility index (Phi) is 10.5. The fourth-order valence-electron chi connectivity index (χ4n) is 2.89. The van der Waals surface area contributed by atoms with Crippen molar-refractivity contribution in [2.24, 2.45) is 0 Å². The van der Waals surface area contributed by atoms with Gasteiger partial charge >= 0.3 is 0 Å². The van der Waals surface area contributed by atoms with Gasteiger partial charge in [-0.3, -0.25) is 0 Å². The third-order valence-electron chi connectivity index (χ3n) is 4.40. The lowest BCUT2D eigenvalue weighted by Crippen LogP contribution is -2.16. The number of unbranched alkanes of at least 4 members (excludes halogenated alkanes) is 1. The Bertz CT molecular complexity index is 687. The number of rotatable bonds is 14. The van der Waals surface area contributed by atoms with E-state index in [-0.39, 0.29) is 0 Å². The van der Waals surface area contributed by atoms with Crippen LogP contribution in [-0.4, -0.2) is 26.4 Å². The minimum absolute atomic E-state index is 0.539. The minimum Gasteiger partial charge on any atom is -0.490 e. The molecule has 28 heavy (non-hydrogen) atoms. The molecule has 1 N–H and O–H groups in total. The Hall–Kier alpha value is -2.04. The molecule has 2 aromatic carbocycles. The Morgan fingerprint density at radius 1 is 0.857 bits per heavy atom. The summed E-state index contributed by atoms with van der Waals surface area (Å²) in [4.78, 5) is 0. The molecule has 0 saturated carbocycles. The lowest BCUT2D eigenvalue weighted by atomic mass is 10.1. The lowest BCUT2D eigenvalue weighted by molar-refractivity contribution is 0.129. The normalized spacial score (nSPS) is 10.8. The van der Waals surface area contributed by atoms with Crippen LogP contribution in [0.2, 0.25) is 0 Å². The molecule has 0 atom stereocenters. The summed E-state index contributed by atoms with van der Waals surface area (Å²) < 4.78 is 17.4. The predicted molar refractivity (Wildman–Crippen MR) is 115 cm³/mol.